The average molecular weight is 479 g/mol. The molecule has 4 rings (SSSR count). The topological polar surface area (TPSA) is 46.4 Å². The van der Waals surface area contributed by atoms with Crippen LogP contribution in [-0.4, -0.2) is 16.7 Å². The number of rotatable bonds is 5. The van der Waals surface area contributed by atoms with Crippen molar-refractivity contribution in [3.63, 3.8) is 0 Å². The van der Waals surface area contributed by atoms with Gasteiger partial charge in [0, 0.05) is 38.3 Å². The number of hydrogen-bond donors (Lipinski definition) is 1. The van der Waals surface area contributed by atoms with Crippen molar-refractivity contribution in [2.24, 2.45) is 5.10 Å². The molecule has 1 aromatic heterocycles. The van der Waals surface area contributed by atoms with Crippen molar-refractivity contribution in [2.75, 3.05) is 0 Å². The van der Waals surface area contributed by atoms with E-state index in [1.807, 2.05) is 48.5 Å². The number of aromatic nitrogens is 1. The Kier molecular flexibility index (Phi) is 5.53. The predicted octanol–water partition coefficient (Wildman–Crippen LogP) is 5.06. The van der Waals surface area contributed by atoms with Crippen molar-refractivity contribution < 1.29 is 4.79 Å². The lowest BCUT2D eigenvalue weighted by molar-refractivity contribution is 0.0955. The Hall–Kier alpha value is -2.93. The summed E-state index contributed by atoms with van der Waals surface area (Å²) in [6, 6.07) is 26.0. The Morgan fingerprint density at radius 3 is 2.61 bits per heavy atom. The maximum absolute atomic E-state index is 12.3. The van der Waals surface area contributed by atoms with E-state index in [1.54, 1.807) is 12.3 Å². The standard InChI is InChI=1S/C23H18IN3O/c24-20-10-6-9-18(13-20)23(28)26-25-14-19-16-27(15-17-7-2-1-3-8-17)22-12-5-4-11-21(19)22/h1-14,16H,15H2,(H,26,28). The summed E-state index contributed by atoms with van der Waals surface area (Å²) in [6.07, 6.45) is 3.77. The average Bonchev–Trinajstić information content (AvgIpc) is 3.06. The van der Waals surface area contributed by atoms with Crippen LogP contribution in [-0.2, 0) is 6.54 Å². The zero-order valence-electron chi connectivity index (χ0n) is 15.0. The van der Waals surface area contributed by atoms with Crippen molar-refractivity contribution in [1.82, 2.24) is 9.99 Å². The molecule has 4 aromatic rings. The number of hydrazone groups is 1. The Labute approximate surface area is 177 Å². The quantitative estimate of drug-likeness (QED) is 0.243. The monoisotopic (exact) mass is 479 g/mol. The van der Waals surface area contributed by atoms with E-state index in [4.69, 9.17) is 0 Å². The first-order chi connectivity index (χ1) is 13.7. The van der Waals surface area contributed by atoms with Gasteiger partial charge < -0.3 is 4.57 Å². The number of fused-ring (bicyclic) bond motifs is 1. The Morgan fingerprint density at radius 2 is 1.79 bits per heavy atom. The zero-order chi connectivity index (χ0) is 19.3. The van der Waals surface area contributed by atoms with Crippen LogP contribution >= 0.6 is 22.6 Å². The van der Waals surface area contributed by atoms with Crippen molar-refractivity contribution in [1.29, 1.82) is 0 Å². The molecule has 1 N–H and O–H groups in total. The molecule has 1 heterocycles. The molecule has 0 aliphatic carbocycles. The van der Waals surface area contributed by atoms with Gasteiger partial charge in [0.2, 0.25) is 0 Å². The van der Waals surface area contributed by atoms with Crippen LogP contribution in [0.3, 0.4) is 0 Å². The van der Waals surface area contributed by atoms with Gasteiger partial charge in [-0.3, -0.25) is 4.79 Å². The Bertz CT molecular complexity index is 1150. The molecule has 0 atom stereocenters. The van der Waals surface area contributed by atoms with E-state index < -0.39 is 0 Å². The summed E-state index contributed by atoms with van der Waals surface area (Å²) >= 11 is 2.19. The predicted molar refractivity (Wildman–Crippen MR) is 122 cm³/mol. The molecule has 0 aliphatic rings. The molecule has 4 nitrogen and oxygen atoms in total. The molecule has 1 amide bonds. The maximum Gasteiger partial charge on any atom is 0.271 e. The van der Waals surface area contributed by atoms with E-state index in [-0.39, 0.29) is 5.91 Å². The summed E-state index contributed by atoms with van der Waals surface area (Å²) in [5.74, 6) is -0.220. The number of amides is 1. The van der Waals surface area contributed by atoms with Gasteiger partial charge in [0.1, 0.15) is 0 Å². The number of carbonyl (C=O) groups excluding carboxylic acids is 1. The highest BCUT2D eigenvalue weighted by Crippen LogP contribution is 2.21. The summed E-state index contributed by atoms with van der Waals surface area (Å²) in [4.78, 5) is 12.3. The minimum atomic E-state index is -0.220. The highest BCUT2D eigenvalue weighted by atomic mass is 127. The van der Waals surface area contributed by atoms with Gasteiger partial charge in [-0.05, 0) is 52.4 Å². The molecule has 0 saturated heterocycles. The van der Waals surface area contributed by atoms with Gasteiger partial charge in [-0.1, -0.05) is 54.6 Å². The molecular weight excluding hydrogens is 461 g/mol. The molecule has 28 heavy (non-hydrogen) atoms. The van der Waals surface area contributed by atoms with Crippen molar-refractivity contribution in [3.05, 3.63) is 105 Å². The highest BCUT2D eigenvalue weighted by Gasteiger charge is 2.08. The van der Waals surface area contributed by atoms with E-state index in [2.05, 4.69) is 68.1 Å². The van der Waals surface area contributed by atoms with Crippen LogP contribution in [0.1, 0.15) is 21.5 Å². The van der Waals surface area contributed by atoms with Crippen LogP contribution in [0.15, 0.2) is 90.2 Å². The number of carbonyl (C=O) groups is 1. The first-order valence-electron chi connectivity index (χ1n) is 8.91. The van der Waals surface area contributed by atoms with E-state index in [0.717, 1.165) is 26.6 Å². The summed E-state index contributed by atoms with van der Waals surface area (Å²) < 4.78 is 3.21. The van der Waals surface area contributed by atoms with E-state index in [9.17, 15) is 4.79 Å². The van der Waals surface area contributed by atoms with Gasteiger partial charge in [-0.15, -0.1) is 0 Å². The molecule has 3 aromatic carbocycles. The van der Waals surface area contributed by atoms with Crippen LogP contribution < -0.4 is 5.43 Å². The van der Waals surface area contributed by atoms with Crippen LogP contribution in [0.4, 0.5) is 0 Å². The summed E-state index contributed by atoms with van der Waals surface area (Å²) in [6.45, 7) is 0.782. The lowest BCUT2D eigenvalue weighted by Crippen LogP contribution is -2.17. The van der Waals surface area contributed by atoms with Gasteiger partial charge in [-0.2, -0.15) is 5.10 Å². The fraction of sp³-hybridized carbons (Fsp3) is 0.0435. The second kappa shape index (κ2) is 8.39. The van der Waals surface area contributed by atoms with Crippen LogP contribution in [0, 0.1) is 3.57 Å². The van der Waals surface area contributed by atoms with E-state index >= 15 is 0 Å². The number of hydrogen-bond acceptors (Lipinski definition) is 2. The number of para-hydroxylation sites is 1. The Balaban J connectivity index is 1.57. The molecule has 138 valence electrons. The second-order valence-corrected chi connectivity index (χ2v) is 7.67. The molecule has 0 unspecified atom stereocenters. The third-order valence-electron chi connectivity index (χ3n) is 4.47. The van der Waals surface area contributed by atoms with Crippen LogP contribution in [0.25, 0.3) is 10.9 Å². The van der Waals surface area contributed by atoms with Gasteiger partial charge in [0.15, 0.2) is 0 Å². The number of halogens is 1. The van der Waals surface area contributed by atoms with Gasteiger partial charge in [0.05, 0.1) is 6.21 Å². The molecule has 0 aliphatic heterocycles. The molecule has 5 heteroatoms. The first-order valence-corrected chi connectivity index (χ1v) is 9.99. The lowest BCUT2D eigenvalue weighted by atomic mass is 10.2. The summed E-state index contributed by atoms with van der Waals surface area (Å²) in [7, 11) is 0. The number of nitrogens with one attached hydrogen (secondary N) is 1. The molecule has 0 radical (unpaired) electrons. The van der Waals surface area contributed by atoms with Crippen molar-refractivity contribution in [2.45, 2.75) is 6.54 Å². The molecule has 0 fully saturated rings. The minimum absolute atomic E-state index is 0.220. The normalized spacial score (nSPS) is 11.2. The van der Waals surface area contributed by atoms with Gasteiger partial charge >= 0.3 is 0 Å². The second-order valence-electron chi connectivity index (χ2n) is 6.42. The van der Waals surface area contributed by atoms with Gasteiger partial charge in [-0.25, -0.2) is 5.43 Å². The smallest absolute Gasteiger partial charge is 0.271 e. The highest BCUT2D eigenvalue weighted by molar-refractivity contribution is 14.1. The third kappa shape index (κ3) is 4.14. The minimum Gasteiger partial charge on any atom is -0.342 e. The van der Waals surface area contributed by atoms with Crippen molar-refractivity contribution in [3.8, 4) is 0 Å². The molecule has 0 saturated carbocycles. The van der Waals surface area contributed by atoms with Gasteiger partial charge in [0.25, 0.3) is 5.91 Å². The Morgan fingerprint density at radius 1 is 1.00 bits per heavy atom. The fourth-order valence-electron chi connectivity index (χ4n) is 3.14. The number of benzene rings is 3. The van der Waals surface area contributed by atoms with Crippen molar-refractivity contribution >= 4 is 45.6 Å². The molecular formula is C23H18IN3O. The fourth-order valence-corrected chi connectivity index (χ4v) is 3.69. The first kappa shape index (κ1) is 18.4. The number of nitrogens with zero attached hydrogens (tertiary/aromatic N) is 2. The van der Waals surface area contributed by atoms with Crippen LogP contribution in [0.2, 0.25) is 0 Å². The third-order valence-corrected chi connectivity index (χ3v) is 5.14. The summed E-state index contributed by atoms with van der Waals surface area (Å²) in [5, 5.41) is 5.28. The lowest BCUT2D eigenvalue weighted by Gasteiger charge is -2.05. The largest absolute Gasteiger partial charge is 0.342 e. The molecule has 0 spiro atoms. The zero-order valence-corrected chi connectivity index (χ0v) is 17.2. The van der Waals surface area contributed by atoms with E-state index in [1.165, 1.54) is 5.56 Å². The SMILES string of the molecule is O=C(NN=Cc1cn(Cc2ccccc2)c2ccccc12)c1cccc(I)c1. The maximum atomic E-state index is 12.3. The van der Waals surface area contributed by atoms with E-state index in [0.29, 0.717) is 5.56 Å². The molecule has 0 bridgehead atoms. The van der Waals surface area contributed by atoms with Crippen LogP contribution in [0.5, 0.6) is 0 Å². The summed E-state index contributed by atoms with van der Waals surface area (Å²) in [5.41, 5.74) is 6.55.